The van der Waals surface area contributed by atoms with Gasteiger partial charge in [0, 0.05) is 33.9 Å². The number of amides is 1. The lowest BCUT2D eigenvalue weighted by Crippen LogP contribution is -2.27. The van der Waals surface area contributed by atoms with Gasteiger partial charge in [-0.1, -0.05) is 71.2 Å². The minimum atomic E-state index is -0.548. The third-order valence-electron chi connectivity index (χ3n) is 5.22. The van der Waals surface area contributed by atoms with Crippen molar-refractivity contribution in [3.63, 3.8) is 0 Å². The van der Waals surface area contributed by atoms with E-state index in [9.17, 15) is 9.59 Å². The van der Waals surface area contributed by atoms with Gasteiger partial charge in [0.15, 0.2) is 5.43 Å². The van der Waals surface area contributed by atoms with Crippen LogP contribution < -0.4 is 10.7 Å². The fraction of sp³-hybridized carbons (Fsp3) is 0.0769. The number of rotatable bonds is 5. The number of anilines is 1. The van der Waals surface area contributed by atoms with E-state index in [0.29, 0.717) is 44.3 Å². The topological polar surface area (TPSA) is 51.1 Å². The number of aromatic nitrogens is 1. The van der Waals surface area contributed by atoms with E-state index in [2.05, 4.69) is 5.32 Å². The SMILES string of the molecule is Cc1cc(=O)c(C(=O)Nc2ccccc2Cl)c(-c2cccc(Cl)c2)n1Cc1ccc(Cl)cc1. The third-order valence-corrected chi connectivity index (χ3v) is 6.04. The Balaban J connectivity index is 1.91. The normalized spacial score (nSPS) is 10.8. The van der Waals surface area contributed by atoms with Crippen LogP contribution in [0.3, 0.4) is 0 Å². The molecule has 0 radical (unpaired) electrons. The molecule has 0 atom stereocenters. The van der Waals surface area contributed by atoms with Crippen molar-refractivity contribution >= 4 is 46.4 Å². The van der Waals surface area contributed by atoms with E-state index in [0.717, 1.165) is 5.56 Å². The predicted octanol–water partition coefficient (Wildman–Crippen LogP) is 7.08. The molecule has 1 amide bonds. The number of carbonyl (C=O) groups is 1. The Kier molecular flexibility index (Phi) is 6.89. The summed E-state index contributed by atoms with van der Waals surface area (Å²) in [6.07, 6.45) is 0. The molecule has 4 aromatic rings. The van der Waals surface area contributed by atoms with Gasteiger partial charge in [0.1, 0.15) is 5.56 Å². The maximum Gasteiger partial charge on any atom is 0.261 e. The molecule has 1 heterocycles. The van der Waals surface area contributed by atoms with Crippen LogP contribution in [-0.4, -0.2) is 10.5 Å². The highest BCUT2D eigenvalue weighted by Crippen LogP contribution is 2.29. The van der Waals surface area contributed by atoms with E-state index < -0.39 is 5.91 Å². The smallest absolute Gasteiger partial charge is 0.261 e. The Labute approximate surface area is 206 Å². The lowest BCUT2D eigenvalue weighted by Gasteiger charge is -2.21. The maximum atomic E-state index is 13.4. The molecule has 0 spiro atoms. The Morgan fingerprint density at radius 3 is 2.30 bits per heavy atom. The van der Waals surface area contributed by atoms with Crippen LogP contribution in [0.15, 0.2) is 83.7 Å². The molecular weight excluding hydrogens is 479 g/mol. The minimum absolute atomic E-state index is 0.0109. The molecule has 1 aromatic heterocycles. The molecule has 0 aliphatic heterocycles. The highest BCUT2D eigenvalue weighted by atomic mass is 35.5. The molecule has 0 saturated carbocycles. The van der Waals surface area contributed by atoms with Gasteiger partial charge in [-0.05, 0) is 48.9 Å². The van der Waals surface area contributed by atoms with E-state index in [1.165, 1.54) is 6.07 Å². The number of benzene rings is 3. The summed E-state index contributed by atoms with van der Waals surface area (Å²) in [6.45, 7) is 2.26. The van der Waals surface area contributed by atoms with Gasteiger partial charge < -0.3 is 9.88 Å². The van der Waals surface area contributed by atoms with E-state index in [1.807, 2.05) is 29.7 Å². The molecular formula is C26H19Cl3N2O2. The number of para-hydroxylation sites is 1. The molecule has 33 heavy (non-hydrogen) atoms. The Morgan fingerprint density at radius 1 is 0.879 bits per heavy atom. The molecule has 0 bridgehead atoms. The summed E-state index contributed by atoms with van der Waals surface area (Å²) in [4.78, 5) is 26.5. The summed E-state index contributed by atoms with van der Waals surface area (Å²) in [6, 6.07) is 22.8. The summed E-state index contributed by atoms with van der Waals surface area (Å²) in [5.41, 5.74) is 2.84. The van der Waals surface area contributed by atoms with Gasteiger partial charge in [-0.3, -0.25) is 9.59 Å². The lowest BCUT2D eigenvalue weighted by atomic mass is 10.0. The number of pyridine rings is 1. The zero-order valence-corrected chi connectivity index (χ0v) is 19.9. The van der Waals surface area contributed by atoms with Crippen LogP contribution in [0.1, 0.15) is 21.6 Å². The second kappa shape index (κ2) is 9.84. The van der Waals surface area contributed by atoms with Crippen molar-refractivity contribution in [2.45, 2.75) is 13.5 Å². The highest BCUT2D eigenvalue weighted by molar-refractivity contribution is 6.34. The average molecular weight is 498 g/mol. The number of hydrogen-bond acceptors (Lipinski definition) is 2. The van der Waals surface area contributed by atoms with Crippen LogP contribution in [0, 0.1) is 6.92 Å². The van der Waals surface area contributed by atoms with Crippen LogP contribution >= 0.6 is 34.8 Å². The van der Waals surface area contributed by atoms with Crippen molar-refractivity contribution in [2.75, 3.05) is 5.32 Å². The Bertz CT molecular complexity index is 1400. The van der Waals surface area contributed by atoms with Gasteiger partial charge in [-0.2, -0.15) is 0 Å². The molecule has 4 nitrogen and oxygen atoms in total. The monoisotopic (exact) mass is 496 g/mol. The molecule has 0 saturated heterocycles. The zero-order chi connectivity index (χ0) is 23.5. The van der Waals surface area contributed by atoms with Crippen molar-refractivity contribution < 1.29 is 4.79 Å². The van der Waals surface area contributed by atoms with Gasteiger partial charge in [0.25, 0.3) is 5.91 Å². The van der Waals surface area contributed by atoms with Crippen LogP contribution in [0.4, 0.5) is 5.69 Å². The van der Waals surface area contributed by atoms with Crippen molar-refractivity contribution in [3.05, 3.63) is 121 Å². The van der Waals surface area contributed by atoms with E-state index in [4.69, 9.17) is 34.8 Å². The fourth-order valence-corrected chi connectivity index (χ4v) is 4.15. The fourth-order valence-electron chi connectivity index (χ4n) is 3.65. The Morgan fingerprint density at radius 2 is 1.61 bits per heavy atom. The van der Waals surface area contributed by atoms with E-state index in [-0.39, 0.29) is 11.0 Å². The molecule has 4 rings (SSSR count). The number of hydrogen-bond donors (Lipinski definition) is 1. The quantitative estimate of drug-likeness (QED) is 0.320. The van der Waals surface area contributed by atoms with Crippen molar-refractivity contribution in [1.82, 2.24) is 4.57 Å². The summed E-state index contributed by atoms with van der Waals surface area (Å²) in [5, 5.41) is 4.28. The van der Waals surface area contributed by atoms with Crippen LogP contribution in [0.25, 0.3) is 11.3 Å². The van der Waals surface area contributed by atoms with Crippen LogP contribution in [0.5, 0.6) is 0 Å². The number of carbonyl (C=O) groups excluding carboxylic acids is 1. The van der Waals surface area contributed by atoms with Crippen molar-refractivity contribution in [1.29, 1.82) is 0 Å². The summed E-state index contributed by atoms with van der Waals surface area (Å²) in [5.74, 6) is -0.548. The van der Waals surface area contributed by atoms with Crippen LogP contribution in [-0.2, 0) is 6.54 Å². The number of nitrogens with zero attached hydrogens (tertiary/aromatic N) is 1. The first kappa shape index (κ1) is 23.1. The van der Waals surface area contributed by atoms with Gasteiger partial charge in [-0.15, -0.1) is 0 Å². The van der Waals surface area contributed by atoms with Gasteiger partial charge in [0.05, 0.1) is 16.4 Å². The zero-order valence-electron chi connectivity index (χ0n) is 17.6. The molecule has 0 aliphatic rings. The molecule has 0 fully saturated rings. The number of nitrogens with one attached hydrogen (secondary N) is 1. The maximum absolute atomic E-state index is 13.4. The predicted molar refractivity (Wildman–Crippen MR) is 136 cm³/mol. The summed E-state index contributed by atoms with van der Waals surface area (Å²) >= 11 is 18.5. The second-order valence-electron chi connectivity index (χ2n) is 7.53. The summed E-state index contributed by atoms with van der Waals surface area (Å²) < 4.78 is 1.93. The second-order valence-corrected chi connectivity index (χ2v) is 8.81. The molecule has 7 heteroatoms. The third kappa shape index (κ3) is 5.14. The van der Waals surface area contributed by atoms with Crippen molar-refractivity contribution in [3.8, 4) is 11.3 Å². The van der Waals surface area contributed by atoms with Gasteiger partial charge in [0.2, 0.25) is 0 Å². The standard InChI is InChI=1S/C26H19Cl3N2O2/c1-16-13-23(32)24(26(33)30-22-8-3-2-7-21(22)29)25(18-5-4-6-20(28)14-18)31(16)15-17-9-11-19(27)12-10-17/h2-14H,15H2,1H3,(H,30,33). The Hall–Kier alpha value is -3.05. The molecule has 0 aliphatic carbocycles. The molecule has 3 aromatic carbocycles. The number of halogens is 3. The average Bonchev–Trinajstić information content (AvgIpc) is 2.78. The minimum Gasteiger partial charge on any atom is -0.340 e. The van der Waals surface area contributed by atoms with E-state index in [1.54, 1.807) is 54.6 Å². The highest BCUT2D eigenvalue weighted by Gasteiger charge is 2.23. The van der Waals surface area contributed by atoms with Gasteiger partial charge >= 0.3 is 0 Å². The van der Waals surface area contributed by atoms with E-state index >= 15 is 0 Å². The molecule has 166 valence electrons. The first-order valence-electron chi connectivity index (χ1n) is 10.1. The van der Waals surface area contributed by atoms with Gasteiger partial charge in [-0.25, -0.2) is 0 Å². The van der Waals surface area contributed by atoms with Crippen LogP contribution in [0.2, 0.25) is 15.1 Å². The first-order chi connectivity index (χ1) is 15.8. The number of aryl methyl sites for hydroxylation is 1. The molecule has 0 unspecified atom stereocenters. The largest absolute Gasteiger partial charge is 0.340 e. The first-order valence-corrected chi connectivity index (χ1v) is 11.3. The summed E-state index contributed by atoms with van der Waals surface area (Å²) in [7, 11) is 0. The lowest BCUT2D eigenvalue weighted by molar-refractivity contribution is 0.102. The van der Waals surface area contributed by atoms with Crippen molar-refractivity contribution in [2.24, 2.45) is 0 Å². The molecule has 1 N–H and O–H groups in total.